The van der Waals surface area contributed by atoms with Crippen molar-refractivity contribution in [2.75, 3.05) is 6.61 Å². The summed E-state index contributed by atoms with van der Waals surface area (Å²) in [7, 11) is -5.56. The predicted molar refractivity (Wildman–Crippen MR) is 60.8 cm³/mol. The molecule has 18 heavy (non-hydrogen) atoms. The molecular formula is C10H18F2O5S. The molecule has 0 fully saturated rings. The monoisotopic (exact) mass is 288 g/mol. The van der Waals surface area contributed by atoms with Crippen molar-refractivity contribution < 1.29 is 31.3 Å². The first-order chi connectivity index (χ1) is 8.12. The minimum absolute atomic E-state index is 0.490. The molecule has 1 unspecified atom stereocenters. The zero-order valence-corrected chi connectivity index (χ0v) is 11.2. The Bertz CT molecular complexity index is 366. The molecule has 108 valence electrons. The summed E-state index contributed by atoms with van der Waals surface area (Å²) in [5.74, 6) is -1.47. The molecule has 0 rings (SSSR count). The van der Waals surface area contributed by atoms with E-state index in [4.69, 9.17) is 4.55 Å². The summed E-state index contributed by atoms with van der Waals surface area (Å²) in [6.45, 7) is 1.84. The third-order valence-corrected chi connectivity index (χ3v) is 3.28. The number of unbranched alkanes of at least 4 members (excludes halogenated alkanes) is 2. The highest BCUT2D eigenvalue weighted by molar-refractivity contribution is 7.86. The van der Waals surface area contributed by atoms with Gasteiger partial charge < -0.3 is 4.74 Å². The summed E-state index contributed by atoms with van der Waals surface area (Å²) in [5, 5.41) is -4.47. The fourth-order valence-electron chi connectivity index (χ4n) is 1.19. The van der Waals surface area contributed by atoms with E-state index in [9.17, 15) is 22.0 Å². The van der Waals surface area contributed by atoms with Crippen LogP contribution >= 0.6 is 0 Å². The number of esters is 1. The van der Waals surface area contributed by atoms with Gasteiger partial charge in [0.05, 0.1) is 5.92 Å². The van der Waals surface area contributed by atoms with Gasteiger partial charge in [0.1, 0.15) is 0 Å². The van der Waals surface area contributed by atoms with E-state index < -0.39 is 33.9 Å². The summed E-state index contributed by atoms with van der Waals surface area (Å²) >= 11 is 0. The molecule has 0 aliphatic rings. The van der Waals surface area contributed by atoms with Gasteiger partial charge >= 0.3 is 21.3 Å². The van der Waals surface area contributed by atoms with Gasteiger partial charge in [0.2, 0.25) is 0 Å². The Morgan fingerprint density at radius 3 is 2.39 bits per heavy atom. The molecule has 0 spiro atoms. The lowest BCUT2D eigenvalue weighted by Crippen LogP contribution is -2.35. The van der Waals surface area contributed by atoms with E-state index in [2.05, 4.69) is 4.74 Å². The maximum atomic E-state index is 12.7. The molecule has 0 aliphatic carbocycles. The lowest BCUT2D eigenvalue weighted by Gasteiger charge is -2.15. The van der Waals surface area contributed by atoms with Crippen LogP contribution in [0.1, 0.15) is 39.5 Å². The van der Waals surface area contributed by atoms with Crippen LogP contribution in [0.5, 0.6) is 0 Å². The normalized spacial score (nSPS) is 14.3. The lowest BCUT2D eigenvalue weighted by atomic mass is 10.0. The smallest absolute Gasteiger partial charge is 0.402 e. The first-order valence-corrected chi connectivity index (χ1v) is 7.07. The van der Waals surface area contributed by atoms with Crippen LogP contribution in [0.15, 0.2) is 0 Å². The van der Waals surface area contributed by atoms with E-state index in [1.54, 1.807) is 0 Å². The van der Waals surface area contributed by atoms with E-state index in [0.29, 0.717) is 6.42 Å². The number of hydrogen-bond acceptors (Lipinski definition) is 4. The van der Waals surface area contributed by atoms with Crippen molar-refractivity contribution >= 4 is 16.1 Å². The van der Waals surface area contributed by atoms with Gasteiger partial charge in [-0.1, -0.05) is 33.1 Å². The number of carbonyl (C=O) groups is 1. The number of halogens is 2. The van der Waals surface area contributed by atoms with Crippen molar-refractivity contribution in [3.63, 3.8) is 0 Å². The average molecular weight is 288 g/mol. The fraction of sp³-hybridized carbons (Fsp3) is 0.900. The molecule has 1 N–H and O–H groups in total. The molecule has 0 amide bonds. The Balaban J connectivity index is 4.18. The molecule has 0 radical (unpaired) electrons. The zero-order valence-electron chi connectivity index (χ0n) is 10.4. The highest BCUT2D eigenvalue weighted by Crippen LogP contribution is 2.21. The van der Waals surface area contributed by atoms with Gasteiger partial charge in [-0.05, 0) is 6.42 Å². The molecule has 0 aliphatic heterocycles. The van der Waals surface area contributed by atoms with Crippen LogP contribution in [0.2, 0.25) is 0 Å². The molecule has 1 atom stereocenters. The second-order valence-electron chi connectivity index (χ2n) is 4.12. The minimum Gasteiger partial charge on any atom is -0.458 e. The summed E-state index contributed by atoms with van der Waals surface area (Å²) < 4.78 is 58.4. The van der Waals surface area contributed by atoms with E-state index in [-0.39, 0.29) is 0 Å². The molecule has 8 heteroatoms. The topological polar surface area (TPSA) is 80.7 Å². The van der Waals surface area contributed by atoms with Gasteiger partial charge in [0.15, 0.2) is 6.61 Å². The van der Waals surface area contributed by atoms with Crippen molar-refractivity contribution in [3.05, 3.63) is 0 Å². The Morgan fingerprint density at radius 1 is 1.39 bits per heavy atom. The lowest BCUT2D eigenvalue weighted by molar-refractivity contribution is -0.154. The summed E-state index contributed by atoms with van der Waals surface area (Å²) in [5.41, 5.74) is 0. The first kappa shape index (κ1) is 17.2. The largest absolute Gasteiger partial charge is 0.458 e. The fourth-order valence-corrected chi connectivity index (χ4v) is 1.40. The molecule has 0 heterocycles. The summed E-state index contributed by atoms with van der Waals surface area (Å²) in [4.78, 5) is 11.3. The standard InChI is InChI=1S/C10H18F2O5S/c1-3-4-5-6-8(2)9(13)17-7-10(11,12)18(14,15)16/h8H,3-7H2,1-2H3,(H,14,15,16). The van der Waals surface area contributed by atoms with Gasteiger partial charge in [-0.2, -0.15) is 17.2 Å². The maximum absolute atomic E-state index is 12.7. The first-order valence-electron chi connectivity index (χ1n) is 5.63. The number of rotatable bonds is 8. The van der Waals surface area contributed by atoms with Gasteiger partial charge in [0, 0.05) is 0 Å². The molecule has 0 saturated carbocycles. The van der Waals surface area contributed by atoms with E-state index in [0.717, 1.165) is 19.3 Å². The second-order valence-corrected chi connectivity index (χ2v) is 5.66. The molecular weight excluding hydrogens is 270 g/mol. The van der Waals surface area contributed by atoms with Crippen molar-refractivity contribution in [1.29, 1.82) is 0 Å². The van der Waals surface area contributed by atoms with Crippen LogP contribution < -0.4 is 0 Å². The van der Waals surface area contributed by atoms with Crippen molar-refractivity contribution in [1.82, 2.24) is 0 Å². The Hall–Kier alpha value is -0.760. The second kappa shape index (κ2) is 6.98. The van der Waals surface area contributed by atoms with Gasteiger partial charge in [0.25, 0.3) is 0 Å². The summed E-state index contributed by atoms with van der Waals surface area (Å²) in [6, 6.07) is 0. The quantitative estimate of drug-likeness (QED) is 0.421. The van der Waals surface area contributed by atoms with Crippen molar-refractivity contribution in [3.8, 4) is 0 Å². The van der Waals surface area contributed by atoms with Crippen LogP contribution in [0, 0.1) is 5.92 Å². The van der Waals surface area contributed by atoms with E-state index in [1.807, 2.05) is 6.92 Å². The van der Waals surface area contributed by atoms with Gasteiger partial charge in [-0.3, -0.25) is 9.35 Å². The Labute approximate surface area is 105 Å². The number of hydrogen-bond donors (Lipinski definition) is 1. The molecule has 0 bridgehead atoms. The predicted octanol–water partition coefficient (Wildman–Crippen LogP) is 2.23. The van der Waals surface area contributed by atoms with Crippen molar-refractivity contribution in [2.45, 2.75) is 44.8 Å². The molecule has 5 nitrogen and oxygen atoms in total. The third-order valence-electron chi connectivity index (χ3n) is 2.40. The Morgan fingerprint density at radius 2 is 1.94 bits per heavy atom. The molecule has 0 aromatic rings. The van der Waals surface area contributed by atoms with Crippen molar-refractivity contribution in [2.24, 2.45) is 5.92 Å². The van der Waals surface area contributed by atoms with E-state index in [1.165, 1.54) is 6.92 Å². The maximum Gasteiger partial charge on any atom is 0.402 e. The number of carbonyl (C=O) groups excluding carboxylic acids is 1. The van der Waals surface area contributed by atoms with Gasteiger partial charge in [-0.15, -0.1) is 0 Å². The van der Waals surface area contributed by atoms with Crippen LogP contribution in [-0.2, 0) is 19.6 Å². The highest BCUT2D eigenvalue weighted by Gasteiger charge is 2.45. The van der Waals surface area contributed by atoms with Crippen LogP contribution in [0.25, 0.3) is 0 Å². The third kappa shape index (κ3) is 5.72. The van der Waals surface area contributed by atoms with E-state index >= 15 is 0 Å². The number of ether oxygens (including phenoxy) is 1. The molecule has 0 saturated heterocycles. The minimum atomic E-state index is -5.56. The van der Waals surface area contributed by atoms with Crippen LogP contribution in [0.3, 0.4) is 0 Å². The van der Waals surface area contributed by atoms with Crippen LogP contribution in [0.4, 0.5) is 8.78 Å². The highest BCUT2D eigenvalue weighted by atomic mass is 32.2. The average Bonchev–Trinajstić information content (AvgIpc) is 2.24. The molecule has 0 aromatic heterocycles. The SMILES string of the molecule is CCCCCC(C)C(=O)OCC(F)(F)S(=O)(=O)O. The summed E-state index contributed by atoms with van der Waals surface area (Å²) in [6.07, 6.45) is 3.13. The van der Waals surface area contributed by atoms with Gasteiger partial charge in [-0.25, -0.2) is 0 Å². The Kier molecular flexibility index (Phi) is 6.69. The zero-order chi connectivity index (χ0) is 14.4. The molecule has 0 aromatic carbocycles. The van der Waals surface area contributed by atoms with Crippen LogP contribution in [-0.4, -0.2) is 30.8 Å². The number of alkyl halides is 2.